The molecule has 0 aromatic carbocycles. The summed E-state index contributed by atoms with van der Waals surface area (Å²) in [5.41, 5.74) is 0.277. The molecule has 21 heavy (non-hydrogen) atoms. The van der Waals surface area contributed by atoms with Crippen LogP contribution in [0.5, 0.6) is 0 Å². The number of nitrogens with one attached hydrogen (secondary N) is 1. The summed E-state index contributed by atoms with van der Waals surface area (Å²) in [6.07, 6.45) is 2.47. The summed E-state index contributed by atoms with van der Waals surface area (Å²) < 4.78 is 5.85. The Kier molecular flexibility index (Phi) is 8.17. The van der Waals surface area contributed by atoms with Gasteiger partial charge in [0, 0.05) is 43.7 Å². The van der Waals surface area contributed by atoms with Crippen molar-refractivity contribution in [2.75, 3.05) is 53.5 Å². The molecule has 0 amide bonds. The van der Waals surface area contributed by atoms with Crippen molar-refractivity contribution in [3.63, 3.8) is 0 Å². The minimum Gasteiger partial charge on any atom is -0.381 e. The zero-order valence-electron chi connectivity index (χ0n) is 15.1. The van der Waals surface area contributed by atoms with Crippen molar-refractivity contribution in [1.82, 2.24) is 15.1 Å². The number of ether oxygens (including phenoxy) is 1. The molecule has 1 heterocycles. The van der Waals surface area contributed by atoms with Gasteiger partial charge in [0.25, 0.3) is 0 Å². The summed E-state index contributed by atoms with van der Waals surface area (Å²) in [5, 5.41) is 3.65. The highest BCUT2D eigenvalue weighted by molar-refractivity contribution is 4.89. The van der Waals surface area contributed by atoms with Gasteiger partial charge in [0.05, 0.1) is 6.61 Å². The van der Waals surface area contributed by atoms with Crippen molar-refractivity contribution in [3.05, 3.63) is 0 Å². The summed E-state index contributed by atoms with van der Waals surface area (Å²) in [5.74, 6) is 0. The smallest absolute Gasteiger partial charge is 0.0546 e. The van der Waals surface area contributed by atoms with Gasteiger partial charge in [-0.2, -0.15) is 0 Å². The van der Waals surface area contributed by atoms with E-state index in [1.165, 1.54) is 12.8 Å². The van der Waals surface area contributed by atoms with E-state index in [4.69, 9.17) is 4.74 Å². The molecule has 0 aromatic rings. The first kappa shape index (κ1) is 18.9. The van der Waals surface area contributed by atoms with Crippen molar-refractivity contribution in [2.24, 2.45) is 5.41 Å². The Bertz CT molecular complexity index is 275. The molecule has 1 aliphatic rings. The van der Waals surface area contributed by atoms with Crippen LogP contribution in [-0.2, 0) is 4.74 Å². The molecule has 4 nitrogen and oxygen atoms in total. The number of hydrogen-bond donors (Lipinski definition) is 1. The second-order valence-electron chi connectivity index (χ2n) is 7.37. The summed E-state index contributed by atoms with van der Waals surface area (Å²) in [4.78, 5) is 4.90. The van der Waals surface area contributed by atoms with E-state index in [2.05, 4.69) is 56.9 Å². The zero-order chi connectivity index (χ0) is 15.9. The molecule has 1 fully saturated rings. The second-order valence-corrected chi connectivity index (χ2v) is 7.37. The van der Waals surface area contributed by atoms with Crippen molar-refractivity contribution >= 4 is 0 Å². The average molecular weight is 300 g/mol. The van der Waals surface area contributed by atoms with Crippen LogP contribution in [0.1, 0.15) is 40.5 Å². The van der Waals surface area contributed by atoms with Crippen LogP contribution in [0, 0.1) is 5.41 Å². The van der Waals surface area contributed by atoms with Crippen LogP contribution in [-0.4, -0.2) is 75.4 Å². The van der Waals surface area contributed by atoms with Gasteiger partial charge in [0.1, 0.15) is 0 Å². The average Bonchev–Trinajstić information content (AvgIpc) is 2.43. The largest absolute Gasteiger partial charge is 0.381 e. The summed E-state index contributed by atoms with van der Waals surface area (Å²) in [6, 6.07) is 1.13. The zero-order valence-corrected chi connectivity index (χ0v) is 15.1. The van der Waals surface area contributed by atoms with Crippen LogP contribution in [0.15, 0.2) is 0 Å². The maximum absolute atomic E-state index is 5.85. The number of likely N-dealkylation sites (N-methyl/N-ethyl adjacent to an activating group) is 2. The third-order valence-electron chi connectivity index (χ3n) is 4.49. The van der Waals surface area contributed by atoms with Gasteiger partial charge in [-0.05, 0) is 40.4 Å². The second kappa shape index (κ2) is 9.09. The topological polar surface area (TPSA) is 27.7 Å². The van der Waals surface area contributed by atoms with E-state index in [9.17, 15) is 0 Å². The van der Waals surface area contributed by atoms with Crippen LogP contribution in [0.25, 0.3) is 0 Å². The Hall–Kier alpha value is -0.160. The Morgan fingerprint density at radius 1 is 1.24 bits per heavy atom. The number of hydrogen-bond acceptors (Lipinski definition) is 4. The van der Waals surface area contributed by atoms with E-state index >= 15 is 0 Å². The third-order valence-corrected chi connectivity index (χ3v) is 4.49. The quantitative estimate of drug-likeness (QED) is 0.705. The van der Waals surface area contributed by atoms with Crippen molar-refractivity contribution < 1.29 is 4.74 Å². The van der Waals surface area contributed by atoms with Gasteiger partial charge >= 0.3 is 0 Å². The first-order valence-corrected chi connectivity index (χ1v) is 8.58. The van der Waals surface area contributed by atoms with Gasteiger partial charge in [0.15, 0.2) is 0 Å². The molecule has 0 aromatic heterocycles. The first-order chi connectivity index (χ1) is 9.88. The standard InChI is InChI=1S/C17H37N3O/c1-7-20(16(4)11-19(5)6)13-17(12-18-15(2)3)9-8-10-21-14-17/h15-16,18H,7-14H2,1-6H3. The predicted molar refractivity (Wildman–Crippen MR) is 90.9 cm³/mol. The van der Waals surface area contributed by atoms with Crippen LogP contribution in [0.4, 0.5) is 0 Å². The van der Waals surface area contributed by atoms with E-state index in [0.717, 1.165) is 39.4 Å². The van der Waals surface area contributed by atoms with Crippen molar-refractivity contribution in [3.8, 4) is 0 Å². The maximum atomic E-state index is 5.85. The molecule has 0 aliphatic carbocycles. The summed E-state index contributed by atoms with van der Waals surface area (Å²) >= 11 is 0. The predicted octanol–water partition coefficient (Wildman–Crippen LogP) is 2.05. The minimum atomic E-state index is 0.277. The van der Waals surface area contributed by atoms with Crippen LogP contribution in [0.2, 0.25) is 0 Å². The van der Waals surface area contributed by atoms with Crippen LogP contribution in [0.3, 0.4) is 0 Å². The van der Waals surface area contributed by atoms with Gasteiger partial charge in [-0.3, -0.25) is 4.90 Å². The Balaban J connectivity index is 2.68. The van der Waals surface area contributed by atoms with E-state index in [-0.39, 0.29) is 5.41 Å². The lowest BCUT2D eigenvalue weighted by Gasteiger charge is -2.43. The molecule has 1 N–H and O–H groups in total. The van der Waals surface area contributed by atoms with Gasteiger partial charge in [-0.1, -0.05) is 20.8 Å². The molecule has 0 bridgehead atoms. The fraction of sp³-hybridized carbons (Fsp3) is 1.00. The molecule has 2 unspecified atom stereocenters. The van der Waals surface area contributed by atoms with Gasteiger partial charge < -0.3 is 15.0 Å². The molecule has 0 spiro atoms. The number of nitrogens with zero attached hydrogens (tertiary/aromatic N) is 2. The Labute approximate surface area is 132 Å². The first-order valence-electron chi connectivity index (χ1n) is 8.58. The lowest BCUT2D eigenvalue weighted by Crippen LogP contribution is -2.53. The molecule has 1 saturated heterocycles. The van der Waals surface area contributed by atoms with Crippen LogP contribution >= 0.6 is 0 Å². The lowest BCUT2D eigenvalue weighted by molar-refractivity contribution is -0.0331. The molecule has 1 aliphatic heterocycles. The van der Waals surface area contributed by atoms with E-state index < -0.39 is 0 Å². The summed E-state index contributed by atoms with van der Waals surface area (Å²) in [6.45, 7) is 15.3. The lowest BCUT2D eigenvalue weighted by atomic mass is 9.81. The molecule has 126 valence electrons. The van der Waals surface area contributed by atoms with Gasteiger partial charge in [-0.15, -0.1) is 0 Å². The normalized spacial score (nSPS) is 25.0. The molecule has 0 saturated carbocycles. The Morgan fingerprint density at radius 2 is 1.95 bits per heavy atom. The molecular formula is C17H37N3O. The van der Waals surface area contributed by atoms with Gasteiger partial charge in [0.2, 0.25) is 0 Å². The van der Waals surface area contributed by atoms with Crippen LogP contribution < -0.4 is 5.32 Å². The van der Waals surface area contributed by atoms with Crippen molar-refractivity contribution in [2.45, 2.75) is 52.6 Å². The summed E-state index contributed by atoms with van der Waals surface area (Å²) in [7, 11) is 4.31. The van der Waals surface area contributed by atoms with E-state index in [1.807, 2.05) is 0 Å². The molecule has 1 rings (SSSR count). The Morgan fingerprint density at radius 3 is 2.43 bits per heavy atom. The van der Waals surface area contributed by atoms with E-state index in [1.54, 1.807) is 0 Å². The molecule has 0 radical (unpaired) electrons. The number of rotatable bonds is 9. The highest BCUT2D eigenvalue weighted by Gasteiger charge is 2.35. The molecular weight excluding hydrogens is 262 g/mol. The fourth-order valence-electron chi connectivity index (χ4n) is 3.30. The van der Waals surface area contributed by atoms with E-state index in [0.29, 0.717) is 12.1 Å². The molecule has 2 atom stereocenters. The highest BCUT2D eigenvalue weighted by Crippen LogP contribution is 2.30. The molecule has 4 heteroatoms. The fourth-order valence-corrected chi connectivity index (χ4v) is 3.30. The van der Waals surface area contributed by atoms with Crippen molar-refractivity contribution in [1.29, 1.82) is 0 Å². The third kappa shape index (κ3) is 6.64. The minimum absolute atomic E-state index is 0.277. The van der Waals surface area contributed by atoms with Gasteiger partial charge in [-0.25, -0.2) is 0 Å². The monoisotopic (exact) mass is 299 g/mol. The SMILES string of the molecule is CCN(CC1(CNC(C)C)CCCOC1)C(C)CN(C)C. The highest BCUT2D eigenvalue weighted by atomic mass is 16.5. The maximum Gasteiger partial charge on any atom is 0.0546 e.